The van der Waals surface area contributed by atoms with Gasteiger partial charge < -0.3 is 23.2 Å². The van der Waals surface area contributed by atoms with Crippen molar-refractivity contribution in [2.24, 2.45) is 0 Å². The Morgan fingerprint density at radius 1 is 0.743 bits per heavy atom. The lowest BCUT2D eigenvalue weighted by atomic mass is 9.79. The van der Waals surface area contributed by atoms with Gasteiger partial charge in [-0.05, 0) is 50.7 Å². The number of phenolic OH excluding ortho intramolecular Hbond substituents is 1. The van der Waals surface area contributed by atoms with Gasteiger partial charge in [0, 0.05) is 11.1 Å². The highest BCUT2D eigenvalue weighted by Gasteiger charge is 2.59. The Bertz CT molecular complexity index is 984. The predicted molar refractivity (Wildman–Crippen MR) is 138 cm³/mol. The van der Waals surface area contributed by atoms with E-state index in [0.717, 1.165) is 0 Å². The minimum Gasteiger partial charge on any atom is -0.507 e. The fourth-order valence-electron chi connectivity index (χ4n) is 3.60. The van der Waals surface area contributed by atoms with Gasteiger partial charge in [0.25, 0.3) is 4.73 Å². The monoisotopic (exact) mass is 556 g/mol. The van der Waals surface area contributed by atoms with Crippen LogP contribution in [0, 0.1) is 0 Å². The highest BCUT2D eigenvalue weighted by Crippen LogP contribution is 2.73. The van der Waals surface area contributed by atoms with Gasteiger partial charge in [0.05, 0.1) is 31.3 Å². The Labute approximate surface area is 210 Å². The molecule has 0 bridgehead atoms. The van der Waals surface area contributed by atoms with Crippen LogP contribution in [0.15, 0.2) is 17.0 Å². The molecule has 1 N–H and O–H groups in total. The molecule has 9 nitrogen and oxygen atoms in total. The van der Waals surface area contributed by atoms with Gasteiger partial charge in [0.1, 0.15) is 5.75 Å². The molecule has 0 saturated carbocycles. The smallest absolute Gasteiger partial charge is 0.361 e. The summed E-state index contributed by atoms with van der Waals surface area (Å²) in [7, 11) is -13.9. The first kappa shape index (κ1) is 32.3. The van der Waals surface area contributed by atoms with Crippen molar-refractivity contribution in [1.29, 1.82) is 0 Å². The minimum atomic E-state index is -4.72. The summed E-state index contributed by atoms with van der Waals surface area (Å²) in [6.07, 6.45) is 0. The molecule has 0 radical (unpaired) electrons. The highest BCUT2D eigenvalue weighted by molar-refractivity contribution is 8.06. The first-order chi connectivity index (χ1) is 15.9. The molecular weight excluding hydrogens is 514 g/mol. The molecule has 0 spiro atoms. The Balaban J connectivity index is 4.19. The van der Waals surface area contributed by atoms with Gasteiger partial charge in [-0.3, -0.25) is 9.13 Å². The molecule has 0 aromatic heterocycles. The van der Waals surface area contributed by atoms with Crippen LogP contribution >= 0.6 is 15.2 Å². The topological polar surface area (TPSA) is 125 Å². The summed E-state index contributed by atoms with van der Waals surface area (Å²) in [6, 6.07) is 2.63. The van der Waals surface area contributed by atoms with Crippen molar-refractivity contribution < 1.29 is 40.7 Å². The van der Waals surface area contributed by atoms with Gasteiger partial charge in [-0.1, -0.05) is 41.5 Å². The number of hydrogen-bond donors (Lipinski definition) is 1. The molecule has 0 aliphatic carbocycles. The maximum atomic E-state index is 14.2. The zero-order valence-corrected chi connectivity index (χ0v) is 25.2. The fraction of sp³-hybridized carbons (Fsp3) is 0.739. The summed E-state index contributed by atoms with van der Waals surface area (Å²) in [6.45, 7) is 16.5. The Morgan fingerprint density at radius 2 is 1.03 bits per heavy atom. The Morgan fingerprint density at radius 3 is 1.26 bits per heavy atom. The lowest BCUT2D eigenvalue weighted by molar-refractivity contribution is 0.202. The molecule has 35 heavy (non-hydrogen) atoms. The Hall–Kier alpha value is -0.730. The lowest BCUT2D eigenvalue weighted by Crippen LogP contribution is -2.28. The van der Waals surface area contributed by atoms with Crippen LogP contribution in [-0.2, 0) is 47.9 Å². The molecule has 1 aromatic carbocycles. The summed E-state index contributed by atoms with van der Waals surface area (Å²) in [5.41, 5.74) is -0.545. The number of aromatic hydroxyl groups is 1. The second-order valence-electron chi connectivity index (χ2n) is 9.99. The van der Waals surface area contributed by atoms with E-state index in [4.69, 9.17) is 18.1 Å². The van der Waals surface area contributed by atoms with E-state index in [9.17, 15) is 22.7 Å². The van der Waals surface area contributed by atoms with Gasteiger partial charge in [0.2, 0.25) is 9.84 Å². The molecule has 0 atom stereocenters. The van der Waals surface area contributed by atoms with Crippen molar-refractivity contribution in [2.75, 3.05) is 26.4 Å². The maximum absolute atomic E-state index is 14.2. The SMILES string of the molecule is CCOP(=O)(OCC)C(P(=O)(OCC)OCC)S(=O)(=O)c1cc(C(C)(C)C)c(O)c(C(C)(C)C)c1. The highest BCUT2D eigenvalue weighted by atomic mass is 32.2. The molecule has 0 amide bonds. The summed E-state index contributed by atoms with van der Waals surface area (Å²) in [5.74, 6) is -0.0314. The van der Waals surface area contributed by atoms with Crippen LogP contribution in [0.25, 0.3) is 0 Å². The molecule has 0 fully saturated rings. The van der Waals surface area contributed by atoms with Crippen LogP contribution < -0.4 is 0 Å². The first-order valence-electron chi connectivity index (χ1n) is 11.7. The average Bonchev–Trinajstić information content (AvgIpc) is 2.66. The van der Waals surface area contributed by atoms with Crippen LogP contribution in [0.5, 0.6) is 5.75 Å². The molecule has 12 heteroatoms. The fourth-order valence-corrected chi connectivity index (χ4v) is 12.9. The molecule has 204 valence electrons. The standard InChI is InChI=1S/C23H42O9P2S/c1-11-29-33(25,30-12-2)21(34(26,31-13-3)32-14-4)35(27,28)17-15-18(22(5,6)7)20(24)19(16-17)23(8,9)10/h15-16,21,24H,11-14H2,1-10H3. The number of benzene rings is 1. The third-order valence-corrected chi connectivity index (χ3v) is 15.0. The van der Waals surface area contributed by atoms with Crippen LogP contribution in [0.4, 0.5) is 0 Å². The van der Waals surface area contributed by atoms with Crippen LogP contribution in [0.1, 0.15) is 80.4 Å². The summed E-state index contributed by atoms with van der Waals surface area (Å²) in [4.78, 5) is -0.283. The number of hydrogen-bond acceptors (Lipinski definition) is 9. The molecule has 1 aromatic rings. The van der Waals surface area contributed by atoms with Crippen molar-refractivity contribution in [2.45, 2.75) is 89.7 Å². The van der Waals surface area contributed by atoms with Gasteiger partial charge >= 0.3 is 15.2 Å². The van der Waals surface area contributed by atoms with E-state index in [2.05, 4.69) is 0 Å². The van der Waals surface area contributed by atoms with E-state index in [1.54, 1.807) is 0 Å². The van der Waals surface area contributed by atoms with Gasteiger partial charge in [0.15, 0.2) is 0 Å². The van der Waals surface area contributed by atoms with E-state index >= 15 is 0 Å². The van der Waals surface area contributed by atoms with Crippen molar-refractivity contribution in [3.8, 4) is 5.75 Å². The van der Waals surface area contributed by atoms with Crippen molar-refractivity contribution in [3.63, 3.8) is 0 Å². The second kappa shape index (κ2) is 11.8. The zero-order chi connectivity index (χ0) is 27.5. The molecule has 1 rings (SSSR count). The summed E-state index contributed by atoms with van der Waals surface area (Å²) < 4.78 is 75.6. The largest absolute Gasteiger partial charge is 0.507 e. The third kappa shape index (κ3) is 7.19. The molecule has 0 heterocycles. The molecule has 0 aliphatic heterocycles. The average molecular weight is 557 g/mol. The molecule has 0 unspecified atom stereocenters. The molecule has 0 aliphatic rings. The zero-order valence-electron chi connectivity index (χ0n) is 22.6. The van der Waals surface area contributed by atoms with Gasteiger partial charge in [-0.25, -0.2) is 8.42 Å². The van der Waals surface area contributed by atoms with E-state index in [1.165, 1.54) is 39.8 Å². The van der Waals surface area contributed by atoms with E-state index in [1.807, 2.05) is 41.5 Å². The quantitative estimate of drug-likeness (QED) is 0.284. The summed E-state index contributed by atoms with van der Waals surface area (Å²) in [5, 5.41) is 11.0. The van der Waals surface area contributed by atoms with E-state index in [-0.39, 0.29) is 37.1 Å². The normalized spacial score (nSPS) is 14.0. The van der Waals surface area contributed by atoms with Crippen LogP contribution in [0.3, 0.4) is 0 Å². The predicted octanol–water partition coefficient (Wildman–Crippen LogP) is 6.58. The maximum Gasteiger partial charge on any atom is 0.361 e. The second-order valence-corrected chi connectivity index (χ2v) is 17.4. The molecule has 0 saturated heterocycles. The molecular formula is C23H42O9P2S. The number of phenols is 1. The number of rotatable bonds is 12. The van der Waals surface area contributed by atoms with Crippen LogP contribution in [0.2, 0.25) is 0 Å². The Kier molecular flexibility index (Phi) is 10.9. The minimum absolute atomic E-state index is 0.0314. The van der Waals surface area contributed by atoms with E-state index in [0.29, 0.717) is 11.1 Å². The summed E-state index contributed by atoms with van der Waals surface area (Å²) >= 11 is 0. The van der Waals surface area contributed by atoms with Crippen molar-refractivity contribution >= 4 is 25.0 Å². The van der Waals surface area contributed by atoms with E-state index < -0.39 is 40.6 Å². The first-order valence-corrected chi connectivity index (χ1v) is 16.5. The number of sulfone groups is 1. The van der Waals surface area contributed by atoms with Crippen molar-refractivity contribution in [3.05, 3.63) is 23.3 Å². The lowest BCUT2D eigenvalue weighted by Gasteiger charge is -2.32. The third-order valence-electron chi connectivity index (χ3n) is 5.08. The van der Waals surface area contributed by atoms with Crippen LogP contribution in [-0.4, -0.2) is 44.7 Å². The van der Waals surface area contributed by atoms with Gasteiger partial charge in [-0.15, -0.1) is 0 Å². The van der Waals surface area contributed by atoms with Gasteiger partial charge in [-0.2, -0.15) is 0 Å². The van der Waals surface area contributed by atoms with Crippen molar-refractivity contribution in [1.82, 2.24) is 0 Å².